The van der Waals surface area contributed by atoms with E-state index in [1.165, 1.54) is 5.56 Å². The van der Waals surface area contributed by atoms with Crippen LogP contribution in [0.5, 0.6) is 5.75 Å². The quantitative estimate of drug-likeness (QED) is 0.641. The van der Waals surface area contributed by atoms with E-state index in [1.807, 2.05) is 12.1 Å². The molecule has 0 aromatic heterocycles. The van der Waals surface area contributed by atoms with Gasteiger partial charge in [-0.3, -0.25) is 0 Å². The van der Waals surface area contributed by atoms with Crippen LogP contribution >= 0.6 is 22.6 Å². The van der Waals surface area contributed by atoms with Crippen LogP contribution in [0.2, 0.25) is 0 Å². The first kappa shape index (κ1) is 8.84. The van der Waals surface area contributed by atoms with Gasteiger partial charge in [0.05, 0.1) is 0 Å². The van der Waals surface area contributed by atoms with Gasteiger partial charge in [0.25, 0.3) is 0 Å². The van der Waals surface area contributed by atoms with Crippen LogP contribution in [-0.4, -0.2) is 5.11 Å². The van der Waals surface area contributed by atoms with Crippen molar-refractivity contribution < 1.29 is 5.11 Å². The van der Waals surface area contributed by atoms with Crippen molar-refractivity contribution in [2.45, 2.75) is 17.8 Å². The van der Waals surface area contributed by atoms with Crippen molar-refractivity contribution in [1.82, 2.24) is 0 Å². The molecule has 1 nitrogen and oxygen atoms in total. The van der Waals surface area contributed by atoms with Crippen LogP contribution in [0.3, 0.4) is 0 Å². The van der Waals surface area contributed by atoms with Crippen molar-refractivity contribution in [3.63, 3.8) is 0 Å². The van der Waals surface area contributed by atoms with E-state index in [0.29, 0.717) is 5.75 Å². The van der Waals surface area contributed by atoms with Gasteiger partial charge in [-0.05, 0) is 18.1 Å². The number of aromatic hydroxyl groups is 1. The number of phenols is 1. The number of alkyl halides is 1. The molecule has 0 saturated carbocycles. The average Bonchev–Trinajstić information content (AvgIpc) is 2.04. The van der Waals surface area contributed by atoms with Gasteiger partial charge >= 0.3 is 0 Å². The highest BCUT2D eigenvalue weighted by Crippen LogP contribution is 2.21. The maximum absolute atomic E-state index is 9.42. The van der Waals surface area contributed by atoms with Gasteiger partial charge in [-0.2, -0.15) is 0 Å². The molecule has 0 amide bonds. The summed E-state index contributed by atoms with van der Waals surface area (Å²) in [5, 5.41) is 9.42. The van der Waals surface area contributed by atoms with Crippen LogP contribution in [0, 0.1) is 0 Å². The summed E-state index contributed by atoms with van der Waals surface area (Å²) in [7, 11) is 0. The topological polar surface area (TPSA) is 20.2 Å². The van der Waals surface area contributed by atoms with E-state index in [2.05, 4.69) is 35.6 Å². The summed E-state index contributed by atoms with van der Waals surface area (Å²) in [5.41, 5.74) is 2.21. The Balaban J connectivity index is 2.99. The summed E-state index contributed by atoms with van der Waals surface area (Å²) in [6, 6.07) is 5.89. The zero-order valence-corrected chi connectivity index (χ0v) is 8.63. The zero-order chi connectivity index (χ0) is 8.27. The number of halogens is 1. The summed E-state index contributed by atoms with van der Waals surface area (Å²) in [6.45, 7) is 2.08. The van der Waals surface area contributed by atoms with Crippen molar-refractivity contribution in [2.24, 2.45) is 0 Å². The van der Waals surface area contributed by atoms with E-state index in [4.69, 9.17) is 0 Å². The van der Waals surface area contributed by atoms with E-state index in [-0.39, 0.29) is 0 Å². The highest BCUT2D eigenvalue weighted by Gasteiger charge is 1.98. The van der Waals surface area contributed by atoms with Crippen LogP contribution in [-0.2, 0) is 10.8 Å². The van der Waals surface area contributed by atoms with Gasteiger partial charge in [0, 0.05) is 9.99 Å². The second-order valence-electron chi connectivity index (χ2n) is 2.45. The summed E-state index contributed by atoms with van der Waals surface area (Å²) < 4.78 is 0.869. The number of rotatable bonds is 2. The molecule has 60 valence electrons. The molecule has 11 heavy (non-hydrogen) atoms. The third-order valence-electron chi connectivity index (χ3n) is 1.70. The standard InChI is InChI=1S/C9H11IO/c1-2-7-3-4-8(6-10)9(11)5-7/h3-5,11H,2,6H2,1H3. The number of aryl methyl sites for hydroxylation is 1. The highest BCUT2D eigenvalue weighted by molar-refractivity contribution is 14.1. The van der Waals surface area contributed by atoms with Gasteiger partial charge in [0.2, 0.25) is 0 Å². The Morgan fingerprint density at radius 3 is 2.64 bits per heavy atom. The lowest BCUT2D eigenvalue weighted by atomic mass is 10.1. The lowest BCUT2D eigenvalue weighted by Crippen LogP contribution is -1.83. The summed E-state index contributed by atoms with van der Waals surface area (Å²) in [6.07, 6.45) is 0.981. The molecule has 1 rings (SSSR count). The van der Waals surface area contributed by atoms with Crippen molar-refractivity contribution in [1.29, 1.82) is 0 Å². The van der Waals surface area contributed by atoms with E-state index in [9.17, 15) is 5.11 Å². The molecule has 2 heteroatoms. The van der Waals surface area contributed by atoms with Gasteiger partial charge in [0.1, 0.15) is 5.75 Å². The third kappa shape index (κ3) is 2.09. The fourth-order valence-corrected chi connectivity index (χ4v) is 1.59. The summed E-state index contributed by atoms with van der Waals surface area (Å²) in [5.74, 6) is 0.429. The Morgan fingerprint density at radius 1 is 1.45 bits per heavy atom. The average molecular weight is 262 g/mol. The Labute approximate surface area is 80.6 Å². The highest BCUT2D eigenvalue weighted by atomic mass is 127. The van der Waals surface area contributed by atoms with Crippen molar-refractivity contribution in [2.75, 3.05) is 0 Å². The van der Waals surface area contributed by atoms with Crippen molar-refractivity contribution in [3.05, 3.63) is 29.3 Å². The molecule has 1 aromatic carbocycles. The monoisotopic (exact) mass is 262 g/mol. The molecule has 0 fully saturated rings. The molecule has 0 saturated heterocycles. The second kappa shape index (κ2) is 3.95. The first-order valence-corrected chi connectivity index (χ1v) is 5.17. The van der Waals surface area contributed by atoms with Crippen molar-refractivity contribution >= 4 is 22.6 Å². The fourth-order valence-electron chi connectivity index (χ4n) is 0.942. The van der Waals surface area contributed by atoms with E-state index in [0.717, 1.165) is 16.4 Å². The molecule has 0 bridgehead atoms. The first-order chi connectivity index (χ1) is 5.27. The molecule has 1 N–H and O–H groups in total. The molecule has 0 atom stereocenters. The van der Waals surface area contributed by atoms with Gasteiger partial charge in [-0.25, -0.2) is 0 Å². The first-order valence-electron chi connectivity index (χ1n) is 3.64. The lowest BCUT2D eigenvalue weighted by molar-refractivity contribution is 0.470. The van der Waals surface area contributed by atoms with Crippen LogP contribution in [0.25, 0.3) is 0 Å². The third-order valence-corrected chi connectivity index (χ3v) is 2.52. The largest absolute Gasteiger partial charge is 0.508 e. The minimum atomic E-state index is 0.429. The Hall–Kier alpha value is -0.250. The van der Waals surface area contributed by atoms with E-state index >= 15 is 0 Å². The van der Waals surface area contributed by atoms with Crippen molar-refractivity contribution in [3.8, 4) is 5.75 Å². The van der Waals surface area contributed by atoms with Crippen LogP contribution in [0.1, 0.15) is 18.1 Å². The Morgan fingerprint density at radius 2 is 2.18 bits per heavy atom. The number of phenolic OH excluding ortho intramolecular Hbond substituents is 1. The molecule has 0 aliphatic carbocycles. The maximum Gasteiger partial charge on any atom is 0.119 e. The predicted molar refractivity (Wildman–Crippen MR) is 55.2 cm³/mol. The molecule has 0 spiro atoms. The number of benzene rings is 1. The fraction of sp³-hybridized carbons (Fsp3) is 0.333. The molecule has 0 radical (unpaired) electrons. The Kier molecular flexibility index (Phi) is 3.17. The number of hydrogen-bond donors (Lipinski definition) is 1. The van der Waals surface area contributed by atoms with Gasteiger partial charge < -0.3 is 5.11 Å². The minimum absolute atomic E-state index is 0.429. The molecule has 0 aliphatic rings. The SMILES string of the molecule is CCc1ccc(CI)c(O)c1. The minimum Gasteiger partial charge on any atom is -0.508 e. The van der Waals surface area contributed by atoms with Gasteiger partial charge in [-0.15, -0.1) is 0 Å². The Bertz CT molecular complexity index is 245. The molecule has 0 aliphatic heterocycles. The second-order valence-corrected chi connectivity index (χ2v) is 3.21. The molecule has 1 aromatic rings. The lowest BCUT2D eigenvalue weighted by Gasteiger charge is -2.02. The predicted octanol–water partition coefficient (Wildman–Crippen LogP) is 2.89. The smallest absolute Gasteiger partial charge is 0.119 e. The van der Waals surface area contributed by atoms with Crippen LogP contribution in [0.4, 0.5) is 0 Å². The van der Waals surface area contributed by atoms with E-state index < -0.39 is 0 Å². The van der Waals surface area contributed by atoms with Crippen LogP contribution in [0.15, 0.2) is 18.2 Å². The maximum atomic E-state index is 9.42. The summed E-state index contributed by atoms with van der Waals surface area (Å²) >= 11 is 2.24. The molecule has 0 unspecified atom stereocenters. The van der Waals surface area contributed by atoms with Gasteiger partial charge in [-0.1, -0.05) is 41.6 Å². The molecular weight excluding hydrogens is 251 g/mol. The molecular formula is C9H11IO. The van der Waals surface area contributed by atoms with Crippen LogP contribution < -0.4 is 0 Å². The normalized spacial score (nSPS) is 10.0. The van der Waals surface area contributed by atoms with E-state index in [1.54, 1.807) is 0 Å². The van der Waals surface area contributed by atoms with Gasteiger partial charge in [0.15, 0.2) is 0 Å². The summed E-state index contributed by atoms with van der Waals surface area (Å²) in [4.78, 5) is 0. The number of hydrogen-bond acceptors (Lipinski definition) is 1. The zero-order valence-electron chi connectivity index (χ0n) is 6.47. The molecule has 0 heterocycles.